The lowest BCUT2D eigenvalue weighted by Gasteiger charge is -2.08. The molecule has 9 heteroatoms. The number of hydrogen-bond donors (Lipinski definition) is 2. The van der Waals surface area contributed by atoms with Crippen molar-refractivity contribution in [3.63, 3.8) is 0 Å². The lowest BCUT2D eigenvalue weighted by Crippen LogP contribution is -2.15. The van der Waals surface area contributed by atoms with Gasteiger partial charge in [-0.05, 0) is 36.4 Å². The minimum Gasteiger partial charge on any atom is -0.326 e. The van der Waals surface area contributed by atoms with Gasteiger partial charge in [0.1, 0.15) is 0 Å². The first kappa shape index (κ1) is 18.8. The van der Waals surface area contributed by atoms with E-state index in [2.05, 4.69) is 15.6 Å². The van der Waals surface area contributed by atoms with Gasteiger partial charge < -0.3 is 10.6 Å². The number of thioether (sulfide) groups is 1. The number of rotatable bonds is 6. The van der Waals surface area contributed by atoms with Gasteiger partial charge in [0.05, 0.1) is 16.8 Å². The van der Waals surface area contributed by atoms with Gasteiger partial charge in [0.2, 0.25) is 11.8 Å². The van der Waals surface area contributed by atoms with Gasteiger partial charge in [-0.1, -0.05) is 23.9 Å². The second-order valence-corrected chi connectivity index (χ2v) is 6.57. The normalized spacial score (nSPS) is 11.0. The SMILES string of the molecule is CC(=O)Nc1ccc(NC(=O)CSc2nc3ccccc3n2C(F)F)cc1. The van der Waals surface area contributed by atoms with Gasteiger partial charge in [0.25, 0.3) is 0 Å². The van der Waals surface area contributed by atoms with Crippen molar-refractivity contribution in [2.24, 2.45) is 0 Å². The maximum atomic E-state index is 13.4. The average molecular weight is 390 g/mol. The van der Waals surface area contributed by atoms with Crippen molar-refractivity contribution in [2.45, 2.75) is 18.6 Å². The molecule has 3 aromatic rings. The lowest BCUT2D eigenvalue weighted by atomic mass is 10.3. The van der Waals surface area contributed by atoms with Crippen LogP contribution in [-0.4, -0.2) is 27.1 Å². The molecular weight excluding hydrogens is 374 g/mol. The highest BCUT2D eigenvalue weighted by atomic mass is 32.2. The zero-order valence-corrected chi connectivity index (χ0v) is 15.1. The monoisotopic (exact) mass is 390 g/mol. The summed E-state index contributed by atoms with van der Waals surface area (Å²) >= 11 is 0.943. The predicted octanol–water partition coefficient (Wildman–Crippen LogP) is 4.12. The van der Waals surface area contributed by atoms with E-state index >= 15 is 0 Å². The standard InChI is InChI=1S/C18H16F2N4O2S/c1-11(25)21-12-6-8-13(9-7-12)22-16(26)10-27-18-23-14-4-2-3-5-15(14)24(18)17(19)20/h2-9,17H,10H2,1H3,(H,21,25)(H,22,26). The summed E-state index contributed by atoms with van der Waals surface area (Å²) in [5.74, 6) is -0.603. The van der Waals surface area contributed by atoms with Crippen LogP contribution in [0, 0.1) is 0 Å². The number of para-hydroxylation sites is 2. The van der Waals surface area contributed by atoms with Crippen LogP contribution in [0.5, 0.6) is 0 Å². The summed E-state index contributed by atoms with van der Waals surface area (Å²) < 4.78 is 27.6. The van der Waals surface area contributed by atoms with E-state index in [0.29, 0.717) is 22.4 Å². The maximum Gasteiger partial charge on any atom is 0.321 e. The fraction of sp³-hybridized carbons (Fsp3) is 0.167. The molecule has 0 radical (unpaired) electrons. The number of aromatic nitrogens is 2. The molecule has 0 spiro atoms. The van der Waals surface area contributed by atoms with Crippen LogP contribution in [0.2, 0.25) is 0 Å². The number of carbonyl (C=O) groups is 2. The van der Waals surface area contributed by atoms with Gasteiger partial charge in [-0.3, -0.25) is 14.2 Å². The van der Waals surface area contributed by atoms with E-state index in [4.69, 9.17) is 0 Å². The summed E-state index contributed by atoms with van der Waals surface area (Å²) in [5.41, 5.74) is 1.93. The zero-order chi connectivity index (χ0) is 19.4. The first-order valence-corrected chi connectivity index (χ1v) is 8.98. The molecule has 27 heavy (non-hydrogen) atoms. The van der Waals surface area contributed by atoms with Crippen molar-refractivity contribution in [2.75, 3.05) is 16.4 Å². The van der Waals surface area contributed by atoms with E-state index in [9.17, 15) is 18.4 Å². The van der Waals surface area contributed by atoms with Crippen LogP contribution < -0.4 is 10.6 Å². The number of carbonyl (C=O) groups excluding carboxylic acids is 2. The molecule has 0 unspecified atom stereocenters. The van der Waals surface area contributed by atoms with E-state index in [0.717, 1.165) is 16.3 Å². The van der Waals surface area contributed by atoms with Gasteiger partial charge in [-0.15, -0.1) is 0 Å². The number of nitrogens with one attached hydrogen (secondary N) is 2. The maximum absolute atomic E-state index is 13.4. The van der Waals surface area contributed by atoms with E-state index in [-0.39, 0.29) is 22.7 Å². The number of anilines is 2. The zero-order valence-electron chi connectivity index (χ0n) is 14.3. The number of amides is 2. The third-order valence-electron chi connectivity index (χ3n) is 3.58. The molecule has 1 heterocycles. The van der Waals surface area contributed by atoms with E-state index < -0.39 is 6.55 Å². The largest absolute Gasteiger partial charge is 0.326 e. The Morgan fingerprint density at radius 3 is 2.33 bits per heavy atom. The van der Waals surface area contributed by atoms with Crippen molar-refractivity contribution in [1.29, 1.82) is 0 Å². The fourth-order valence-electron chi connectivity index (χ4n) is 2.48. The molecular formula is C18H16F2N4O2S. The van der Waals surface area contributed by atoms with Crippen LogP contribution in [0.15, 0.2) is 53.7 Å². The Balaban J connectivity index is 1.65. The molecule has 0 atom stereocenters. The molecule has 0 aliphatic rings. The fourth-order valence-corrected chi connectivity index (χ4v) is 3.29. The third kappa shape index (κ3) is 4.62. The molecule has 140 valence electrons. The summed E-state index contributed by atoms with van der Waals surface area (Å²) in [6.07, 6.45) is 0. The Morgan fingerprint density at radius 1 is 1.07 bits per heavy atom. The highest BCUT2D eigenvalue weighted by molar-refractivity contribution is 7.99. The van der Waals surface area contributed by atoms with Crippen LogP contribution in [0.25, 0.3) is 11.0 Å². The van der Waals surface area contributed by atoms with Gasteiger partial charge in [-0.2, -0.15) is 8.78 Å². The van der Waals surface area contributed by atoms with Crippen LogP contribution >= 0.6 is 11.8 Å². The molecule has 2 amide bonds. The summed E-state index contributed by atoms with van der Waals surface area (Å²) in [6.45, 7) is -1.34. The first-order chi connectivity index (χ1) is 12.9. The Bertz CT molecular complexity index is 973. The molecule has 0 fully saturated rings. The summed E-state index contributed by atoms with van der Waals surface area (Å²) in [5, 5.41) is 5.39. The topological polar surface area (TPSA) is 76.0 Å². The number of alkyl halides is 2. The first-order valence-electron chi connectivity index (χ1n) is 7.99. The van der Waals surface area contributed by atoms with Crippen LogP contribution in [0.1, 0.15) is 13.5 Å². The number of hydrogen-bond acceptors (Lipinski definition) is 4. The predicted molar refractivity (Wildman–Crippen MR) is 101 cm³/mol. The van der Waals surface area contributed by atoms with E-state index in [1.54, 1.807) is 48.5 Å². The Labute approximate surface area is 158 Å². The van der Waals surface area contributed by atoms with Crippen LogP contribution in [0.4, 0.5) is 20.2 Å². The van der Waals surface area contributed by atoms with Crippen molar-refractivity contribution in [3.05, 3.63) is 48.5 Å². The molecule has 0 aliphatic heterocycles. The van der Waals surface area contributed by atoms with Crippen LogP contribution in [0.3, 0.4) is 0 Å². The Kier molecular flexibility index (Phi) is 5.70. The van der Waals surface area contributed by atoms with Gasteiger partial charge >= 0.3 is 6.55 Å². The molecule has 0 saturated carbocycles. The van der Waals surface area contributed by atoms with Crippen molar-refractivity contribution >= 4 is 46.0 Å². The minimum atomic E-state index is -2.75. The number of benzene rings is 2. The van der Waals surface area contributed by atoms with Crippen molar-refractivity contribution in [1.82, 2.24) is 9.55 Å². The Hall–Kier alpha value is -2.94. The van der Waals surface area contributed by atoms with Crippen molar-refractivity contribution in [3.8, 4) is 0 Å². The third-order valence-corrected chi connectivity index (χ3v) is 4.53. The minimum absolute atomic E-state index is 0.0660. The summed E-state index contributed by atoms with van der Waals surface area (Å²) in [6, 6.07) is 13.2. The highest BCUT2D eigenvalue weighted by Crippen LogP contribution is 2.29. The summed E-state index contributed by atoms with van der Waals surface area (Å²) in [7, 11) is 0. The molecule has 1 aromatic heterocycles. The molecule has 6 nitrogen and oxygen atoms in total. The van der Waals surface area contributed by atoms with E-state index in [1.807, 2.05) is 0 Å². The lowest BCUT2D eigenvalue weighted by molar-refractivity contribution is -0.114. The molecule has 0 saturated heterocycles. The quantitative estimate of drug-likeness (QED) is 0.621. The molecule has 0 bridgehead atoms. The van der Waals surface area contributed by atoms with Crippen LogP contribution in [-0.2, 0) is 9.59 Å². The average Bonchev–Trinajstić information content (AvgIpc) is 3.00. The number of nitrogens with zero attached hydrogens (tertiary/aromatic N) is 2. The van der Waals surface area contributed by atoms with Crippen molar-refractivity contribution < 1.29 is 18.4 Å². The van der Waals surface area contributed by atoms with Gasteiger partial charge in [-0.25, -0.2) is 4.98 Å². The number of fused-ring (bicyclic) bond motifs is 1. The molecule has 2 N–H and O–H groups in total. The van der Waals surface area contributed by atoms with E-state index in [1.165, 1.54) is 6.92 Å². The number of halogens is 2. The molecule has 3 rings (SSSR count). The second-order valence-electron chi connectivity index (χ2n) is 5.63. The molecule has 0 aliphatic carbocycles. The molecule has 2 aromatic carbocycles. The smallest absolute Gasteiger partial charge is 0.321 e. The Morgan fingerprint density at radius 2 is 1.70 bits per heavy atom. The van der Waals surface area contributed by atoms with Gasteiger partial charge in [0, 0.05) is 18.3 Å². The summed E-state index contributed by atoms with van der Waals surface area (Å²) in [4.78, 5) is 27.3. The van der Waals surface area contributed by atoms with Gasteiger partial charge in [0.15, 0.2) is 5.16 Å². The number of imidazole rings is 1. The highest BCUT2D eigenvalue weighted by Gasteiger charge is 2.18. The second kappa shape index (κ2) is 8.17.